The molecule has 2 rings (SSSR count). The molecule has 0 unspecified atom stereocenters. The standard InChI is InChI=1S/C15H21N3O3/c1-10(2)16-6-5-14-17-18-15(21-14)11-7-12(19-3)9-13(8-11)20-4/h7-10,16H,5-6H2,1-4H3. The van der Waals surface area contributed by atoms with E-state index < -0.39 is 0 Å². The first-order valence-electron chi connectivity index (χ1n) is 6.91. The van der Waals surface area contributed by atoms with E-state index in [1.807, 2.05) is 12.1 Å². The van der Waals surface area contributed by atoms with Crippen LogP contribution in [-0.4, -0.2) is 37.0 Å². The van der Waals surface area contributed by atoms with Crippen LogP contribution >= 0.6 is 0 Å². The molecule has 21 heavy (non-hydrogen) atoms. The lowest BCUT2D eigenvalue weighted by molar-refractivity contribution is 0.394. The van der Waals surface area contributed by atoms with E-state index >= 15 is 0 Å². The minimum absolute atomic E-state index is 0.440. The summed E-state index contributed by atoms with van der Waals surface area (Å²) in [7, 11) is 3.21. The van der Waals surface area contributed by atoms with Gasteiger partial charge in [0.05, 0.1) is 14.2 Å². The number of ether oxygens (including phenoxy) is 2. The van der Waals surface area contributed by atoms with Crippen molar-refractivity contribution in [3.05, 3.63) is 24.1 Å². The van der Waals surface area contributed by atoms with Crippen molar-refractivity contribution in [3.8, 4) is 23.0 Å². The van der Waals surface area contributed by atoms with Crippen molar-refractivity contribution in [2.45, 2.75) is 26.3 Å². The summed E-state index contributed by atoms with van der Waals surface area (Å²) < 4.78 is 16.2. The van der Waals surface area contributed by atoms with Gasteiger partial charge in [-0.2, -0.15) is 0 Å². The van der Waals surface area contributed by atoms with Crippen molar-refractivity contribution >= 4 is 0 Å². The van der Waals surface area contributed by atoms with Gasteiger partial charge < -0.3 is 19.2 Å². The van der Waals surface area contributed by atoms with Gasteiger partial charge in [0.15, 0.2) is 0 Å². The van der Waals surface area contributed by atoms with Crippen LogP contribution in [0.2, 0.25) is 0 Å². The summed E-state index contributed by atoms with van der Waals surface area (Å²) in [5.41, 5.74) is 0.779. The molecule has 1 heterocycles. The zero-order valence-corrected chi connectivity index (χ0v) is 12.8. The van der Waals surface area contributed by atoms with Gasteiger partial charge in [0, 0.05) is 30.6 Å². The molecular weight excluding hydrogens is 270 g/mol. The highest BCUT2D eigenvalue weighted by molar-refractivity contribution is 5.59. The normalized spacial score (nSPS) is 10.9. The van der Waals surface area contributed by atoms with E-state index in [0.29, 0.717) is 35.7 Å². The van der Waals surface area contributed by atoms with Crippen molar-refractivity contribution in [3.63, 3.8) is 0 Å². The van der Waals surface area contributed by atoms with E-state index in [0.717, 1.165) is 12.1 Å². The molecule has 0 radical (unpaired) electrons. The summed E-state index contributed by atoms with van der Waals surface area (Å²) in [6.07, 6.45) is 0.701. The molecule has 1 N–H and O–H groups in total. The molecule has 1 aromatic carbocycles. The van der Waals surface area contributed by atoms with Crippen molar-refractivity contribution < 1.29 is 13.9 Å². The van der Waals surface area contributed by atoms with Crippen molar-refractivity contribution in [1.29, 1.82) is 0 Å². The average molecular weight is 291 g/mol. The molecule has 6 heteroatoms. The quantitative estimate of drug-likeness (QED) is 0.844. The Morgan fingerprint density at radius 1 is 1.10 bits per heavy atom. The molecule has 0 bridgehead atoms. The maximum Gasteiger partial charge on any atom is 0.248 e. The van der Waals surface area contributed by atoms with E-state index in [1.165, 1.54) is 0 Å². The number of hydrogen-bond donors (Lipinski definition) is 1. The van der Waals surface area contributed by atoms with Gasteiger partial charge in [-0.1, -0.05) is 13.8 Å². The fourth-order valence-electron chi connectivity index (χ4n) is 1.87. The Hall–Kier alpha value is -2.08. The minimum Gasteiger partial charge on any atom is -0.497 e. The molecule has 0 spiro atoms. The lowest BCUT2D eigenvalue weighted by atomic mass is 10.2. The summed E-state index contributed by atoms with van der Waals surface area (Å²) >= 11 is 0. The van der Waals surface area contributed by atoms with Crippen LogP contribution in [-0.2, 0) is 6.42 Å². The Kier molecular flexibility index (Phi) is 5.16. The molecule has 0 aliphatic carbocycles. The summed E-state index contributed by atoms with van der Waals surface area (Å²) in [5, 5.41) is 11.5. The van der Waals surface area contributed by atoms with Gasteiger partial charge in [0.25, 0.3) is 0 Å². The smallest absolute Gasteiger partial charge is 0.248 e. The number of aromatic nitrogens is 2. The van der Waals surface area contributed by atoms with Gasteiger partial charge in [-0.25, -0.2) is 0 Å². The van der Waals surface area contributed by atoms with Crippen molar-refractivity contribution in [2.24, 2.45) is 0 Å². The molecule has 0 amide bonds. The first-order chi connectivity index (χ1) is 10.1. The molecule has 0 saturated carbocycles. The molecule has 6 nitrogen and oxygen atoms in total. The zero-order chi connectivity index (χ0) is 15.2. The molecular formula is C15H21N3O3. The Bertz CT molecular complexity index is 559. The molecule has 114 valence electrons. The van der Waals surface area contributed by atoms with Crippen LogP contribution < -0.4 is 14.8 Å². The number of benzene rings is 1. The Balaban J connectivity index is 2.13. The second-order valence-electron chi connectivity index (χ2n) is 4.96. The second-order valence-corrected chi connectivity index (χ2v) is 4.96. The highest BCUT2D eigenvalue weighted by Crippen LogP contribution is 2.28. The maximum absolute atomic E-state index is 5.68. The van der Waals surface area contributed by atoms with E-state index in [9.17, 15) is 0 Å². The summed E-state index contributed by atoms with van der Waals surface area (Å²) in [5.74, 6) is 2.45. The van der Waals surface area contributed by atoms with Gasteiger partial charge in [0.2, 0.25) is 11.8 Å². The third-order valence-corrected chi connectivity index (χ3v) is 2.96. The summed E-state index contributed by atoms with van der Waals surface area (Å²) in [4.78, 5) is 0. The summed E-state index contributed by atoms with van der Waals surface area (Å²) in [6, 6.07) is 5.92. The molecule has 0 fully saturated rings. The fraction of sp³-hybridized carbons (Fsp3) is 0.467. The number of methoxy groups -OCH3 is 2. The Labute approximate surface area is 124 Å². The van der Waals surface area contributed by atoms with Crippen LogP contribution in [0.3, 0.4) is 0 Å². The maximum atomic E-state index is 5.68. The predicted octanol–water partition coefficient (Wildman–Crippen LogP) is 2.29. The monoisotopic (exact) mass is 291 g/mol. The number of nitrogens with one attached hydrogen (secondary N) is 1. The van der Waals surface area contributed by atoms with E-state index in [-0.39, 0.29) is 0 Å². The fourth-order valence-corrected chi connectivity index (χ4v) is 1.87. The van der Waals surface area contributed by atoms with Gasteiger partial charge in [0.1, 0.15) is 11.5 Å². The largest absolute Gasteiger partial charge is 0.497 e. The molecule has 0 aliphatic rings. The number of rotatable bonds is 7. The van der Waals surface area contributed by atoms with Crippen LogP contribution in [0.15, 0.2) is 22.6 Å². The first kappa shape index (κ1) is 15.3. The van der Waals surface area contributed by atoms with Crippen molar-refractivity contribution in [1.82, 2.24) is 15.5 Å². The SMILES string of the molecule is COc1cc(OC)cc(-c2nnc(CCNC(C)C)o2)c1. The molecule has 0 aliphatic heterocycles. The van der Waals surface area contributed by atoms with Gasteiger partial charge in [-0.15, -0.1) is 10.2 Å². The lowest BCUT2D eigenvalue weighted by Crippen LogP contribution is -2.25. The van der Waals surface area contributed by atoms with Crippen LogP contribution in [0.5, 0.6) is 11.5 Å². The summed E-state index contributed by atoms with van der Waals surface area (Å²) in [6.45, 7) is 5.00. The van der Waals surface area contributed by atoms with E-state index in [2.05, 4.69) is 29.4 Å². The molecule has 0 atom stereocenters. The van der Waals surface area contributed by atoms with Gasteiger partial charge in [-0.3, -0.25) is 0 Å². The van der Waals surface area contributed by atoms with Gasteiger partial charge in [-0.05, 0) is 12.1 Å². The third-order valence-electron chi connectivity index (χ3n) is 2.96. The topological polar surface area (TPSA) is 69.4 Å². The molecule has 0 saturated heterocycles. The third kappa shape index (κ3) is 4.19. The van der Waals surface area contributed by atoms with Crippen LogP contribution in [0.25, 0.3) is 11.5 Å². The van der Waals surface area contributed by atoms with E-state index in [1.54, 1.807) is 20.3 Å². The second kappa shape index (κ2) is 7.08. The Morgan fingerprint density at radius 3 is 2.33 bits per heavy atom. The number of hydrogen-bond acceptors (Lipinski definition) is 6. The first-order valence-corrected chi connectivity index (χ1v) is 6.91. The van der Waals surface area contributed by atoms with Gasteiger partial charge >= 0.3 is 0 Å². The van der Waals surface area contributed by atoms with Crippen LogP contribution in [0, 0.1) is 0 Å². The van der Waals surface area contributed by atoms with Crippen LogP contribution in [0.4, 0.5) is 0 Å². The molecule has 2 aromatic rings. The minimum atomic E-state index is 0.440. The highest BCUT2D eigenvalue weighted by atomic mass is 16.5. The van der Waals surface area contributed by atoms with Crippen LogP contribution in [0.1, 0.15) is 19.7 Å². The number of nitrogens with zero attached hydrogens (tertiary/aromatic N) is 2. The predicted molar refractivity (Wildman–Crippen MR) is 79.7 cm³/mol. The Morgan fingerprint density at radius 2 is 1.76 bits per heavy atom. The highest BCUT2D eigenvalue weighted by Gasteiger charge is 2.11. The van der Waals surface area contributed by atoms with E-state index in [4.69, 9.17) is 13.9 Å². The molecule has 1 aromatic heterocycles. The van der Waals surface area contributed by atoms with Crippen molar-refractivity contribution in [2.75, 3.05) is 20.8 Å². The lowest BCUT2D eigenvalue weighted by Gasteiger charge is -2.06. The zero-order valence-electron chi connectivity index (χ0n) is 12.8. The average Bonchev–Trinajstić information content (AvgIpc) is 2.95.